The molecule has 0 heteroatoms. The molecule has 0 bridgehead atoms. The minimum Gasteiger partial charge on any atom is -0.0651 e. The predicted molar refractivity (Wildman–Crippen MR) is 419 cm³/mol. The summed E-state index contributed by atoms with van der Waals surface area (Å²) in [6, 6.07) is 20.2. The molecule has 92 heavy (non-hydrogen) atoms. The minimum atomic E-state index is -2.55. The fraction of sp³-hybridized carbons (Fsp3) is 0.739. The maximum Gasteiger partial charge on any atom is 0.0347 e. The Morgan fingerprint density at radius 3 is 1.35 bits per heavy atom. The Hall–Kier alpha value is -3.12. The summed E-state index contributed by atoms with van der Waals surface area (Å²) in [7, 11) is 0. The molecule has 0 N–H and O–H groups in total. The molecule has 0 saturated heterocycles. The smallest absolute Gasteiger partial charge is 0.0347 e. The highest BCUT2D eigenvalue weighted by Crippen LogP contribution is 2.49. The first-order valence-electron chi connectivity index (χ1n) is 46.8. The lowest BCUT2D eigenvalue weighted by Gasteiger charge is -2.44. The van der Waals surface area contributed by atoms with Crippen molar-refractivity contribution in [3.05, 3.63) is 139 Å². The van der Waals surface area contributed by atoms with Crippen molar-refractivity contribution in [2.24, 2.45) is 51.2 Å². The van der Waals surface area contributed by atoms with Crippen LogP contribution in [0.15, 0.2) is 66.7 Å². The maximum atomic E-state index is 8.15. The summed E-state index contributed by atoms with van der Waals surface area (Å²) in [5.41, 5.74) is 12.4. The molecule has 0 aromatic heterocycles. The average Bonchev–Trinajstić information content (AvgIpc) is 0.911. The van der Waals surface area contributed by atoms with Gasteiger partial charge in [-0.15, -0.1) is 0 Å². The van der Waals surface area contributed by atoms with Gasteiger partial charge in [0.1, 0.15) is 0 Å². The molecule has 0 heterocycles. The zero-order chi connectivity index (χ0) is 88.0. The molecule has 6 fully saturated rings. The van der Waals surface area contributed by atoms with Gasteiger partial charge in [0.25, 0.3) is 0 Å². The number of benzene rings is 4. The Bertz CT molecular complexity index is 3440. The molecule has 0 nitrogen and oxygen atoms in total. The molecule has 6 aliphatic rings. The Labute approximate surface area is 607 Å². The van der Waals surface area contributed by atoms with Crippen LogP contribution in [0.2, 0.25) is 0 Å². The third-order valence-electron chi connectivity index (χ3n) is 20.4. The van der Waals surface area contributed by atoms with E-state index < -0.39 is 51.5 Å². The van der Waals surface area contributed by atoms with Gasteiger partial charge in [-0.25, -0.2) is 0 Å². The third kappa shape index (κ3) is 34.2. The molecule has 0 aliphatic heterocycles. The number of aryl methyl sites for hydroxylation is 8. The summed E-state index contributed by atoms with van der Waals surface area (Å²) >= 11 is 0. The molecule has 1 spiro atoms. The van der Waals surface area contributed by atoms with Gasteiger partial charge in [0.15, 0.2) is 0 Å². The minimum absolute atomic E-state index is 0.0712. The second-order valence-corrected chi connectivity index (χ2v) is 33.4. The van der Waals surface area contributed by atoms with E-state index in [1.165, 1.54) is 133 Å². The van der Waals surface area contributed by atoms with E-state index in [4.69, 9.17) is 28.8 Å². The van der Waals surface area contributed by atoms with Crippen molar-refractivity contribution in [1.82, 2.24) is 0 Å². The van der Waals surface area contributed by atoms with Crippen LogP contribution in [-0.2, 0) is 5.41 Å². The molecule has 526 valence electrons. The molecule has 4 aromatic carbocycles. The molecule has 10 rings (SSSR count). The van der Waals surface area contributed by atoms with E-state index in [0.717, 1.165) is 97.6 Å². The van der Waals surface area contributed by atoms with Gasteiger partial charge in [0.2, 0.25) is 0 Å². The number of hydrogen-bond donors (Lipinski definition) is 0. The molecule has 2 atom stereocenters. The lowest BCUT2D eigenvalue weighted by atomic mass is 9.62. The zero-order valence-electron chi connectivity index (χ0n) is 85.6. The van der Waals surface area contributed by atoms with E-state index in [2.05, 4.69) is 108 Å². The highest BCUT2D eigenvalue weighted by atomic mass is 14.4. The van der Waals surface area contributed by atoms with Gasteiger partial charge in [-0.1, -0.05) is 325 Å². The van der Waals surface area contributed by atoms with E-state index >= 15 is 0 Å². The Morgan fingerprint density at radius 1 is 0.457 bits per heavy atom. The molecule has 0 amide bonds. The lowest BCUT2D eigenvalue weighted by molar-refractivity contribution is 0.0754. The summed E-state index contributed by atoms with van der Waals surface area (Å²) in [6.45, 7) is 41.0. The zero-order valence-corrected chi connectivity index (χ0v) is 64.6. The van der Waals surface area contributed by atoms with Crippen LogP contribution in [-0.4, -0.2) is 0 Å². The second-order valence-electron chi connectivity index (χ2n) is 33.4. The van der Waals surface area contributed by atoms with Crippen LogP contribution in [0.3, 0.4) is 0 Å². The van der Waals surface area contributed by atoms with E-state index in [9.17, 15) is 0 Å². The van der Waals surface area contributed by atoms with Crippen LogP contribution in [0.1, 0.15) is 424 Å². The van der Waals surface area contributed by atoms with E-state index in [-0.39, 0.29) is 40.1 Å². The van der Waals surface area contributed by atoms with Crippen LogP contribution in [0.5, 0.6) is 0 Å². The number of hydrogen-bond acceptors (Lipinski definition) is 0. The van der Waals surface area contributed by atoms with Crippen molar-refractivity contribution in [3.63, 3.8) is 0 Å². The molecule has 4 aromatic rings. The van der Waals surface area contributed by atoms with Crippen LogP contribution in [0, 0.1) is 113 Å². The third-order valence-corrected chi connectivity index (χ3v) is 20.4. The van der Waals surface area contributed by atoms with Crippen LogP contribution >= 0.6 is 0 Å². The highest BCUT2D eigenvalue weighted by molar-refractivity contribution is 5.38. The quantitative estimate of drug-likeness (QED) is 0.191. The van der Waals surface area contributed by atoms with Gasteiger partial charge < -0.3 is 0 Å². The Balaban J connectivity index is 0.000000437. The molecule has 6 aliphatic carbocycles. The lowest BCUT2D eigenvalue weighted by Crippen LogP contribution is -2.32. The molecular formula is C92H158. The van der Waals surface area contributed by atoms with Gasteiger partial charge in [-0.2, -0.15) is 0 Å². The van der Waals surface area contributed by atoms with Crippen molar-refractivity contribution in [1.29, 1.82) is 0 Å². The standard InChI is InChI=1S/C14H22.C13H20.C12H22.C11H22.C10H14.C9H18.C9H12.2C7H14/c1-10(2)13-9-12(14(4,5)6)8-7-11(13)3;1-9(2)12-7-6-11(5)13(8-12)10(3)4;1-11-5-9-12(10-6-11)7-3-2-4-8-12;1-9-6-10(2,3)8-11(4,5)7-9;1-7-5-8(2)10(4)9(3)6-7;1-8-4-6-9(2,3)7-5-8;1-7-4-5-8(2)9(3)6-7;1-7-5-3-2-4-6-7;1-2-7-5-3-4-6-7/h7-10H,1-6H3;6-10H,1-5H3;11H,2-10H2,1H3;9H,6-8H2,1-5H3;5-6H,1-4H3;8H,4-7H2,1-3H3;4-6H,1-3H3;2*7H,2-6H2,1H3/i10D;1D3,3D3,9D,10D;11D;9D;2D3;8D;3D3;7D;2D2. The summed E-state index contributed by atoms with van der Waals surface area (Å²) in [4.78, 5) is 0. The van der Waals surface area contributed by atoms with Crippen molar-refractivity contribution < 1.29 is 28.8 Å². The topological polar surface area (TPSA) is 0 Å². The van der Waals surface area contributed by atoms with Crippen molar-refractivity contribution >= 4 is 0 Å². The summed E-state index contributed by atoms with van der Waals surface area (Å²) < 4.78 is 159. The van der Waals surface area contributed by atoms with Gasteiger partial charge in [0.05, 0.1) is 0 Å². The fourth-order valence-electron chi connectivity index (χ4n) is 14.5. The Morgan fingerprint density at radius 2 is 0.913 bits per heavy atom. The van der Waals surface area contributed by atoms with Crippen molar-refractivity contribution in [2.75, 3.05) is 0 Å². The second kappa shape index (κ2) is 41.2. The van der Waals surface area contributed by atoms with E-state index in [1.807, 2.05) is 73.6 Å². The monoisotopic (exact) mass is 1280 g/mol. The van der Waals surface area contributed by atoms with Gasteiger partial charge in [-0.3, -0.25) is 0 Å². The largest absolute Gasteiger partial charge is 0.0651 e. The fourth-order valence-corrected chi connectivity index (χ4v) is 14.5. The Kier molecular flexibility index (Phi) is 25.0. The van der Waals surface area contributed by atoms with Gasteiger partial charge in [-0.05, 0) is 255 Å². The van der Waals surface area contributed by atoms with Crippen LogP contribution in [0.4, 0.5) is 0 Å². The summed E-state index contributed by atoms with van der Waals surface area (Å²) in [5.74, 6) is -4.37. The SMILES string of the molecule is [2H]C(C)(C)c1cc(C(C)(C)C)ccc1C.[2H]C([2H])(C)C1CCCC1.[2H]C([2H])([2H])C([2H])(C)c1ccc(C)c(C([2H])(C)C([2H])([2H])[2H])c1.[2H]C([2H])([2H])c1cc(C)cc(C)c1C.[2H]C([2H])([2H])c1cc(C)ccc1C.[2H]C1(C)CC(C)(C)CC(C)(C)C1.[2H]C1(C)CCC(C)(C)CC1.[2H]C1(C)CCC2(CCCCC2)CC1.[2H]C1(C)CCCCC1. The van der Waals surface area contributed by atoms with Gasteiger partial charge in [0, 0.05) is 28.8 Å². The first-order valence-corrected chi connectivity index (χ1v) is 36.3. The first-order chi connectivity index (χ1) is 50.4. The van der Waals surface area contributed by atoms with Crippen molar-refractivity contribution in [3.8, 4) is 0 Å². The van der Waals surface area contributed by atoms with Gasteiger partial charge >= 0.3 is 0 Å². The summed E-state index contributed by atoms with van der Waals surface area (Å²) in [6.07, 6.45) is 30.1. The van der Waals surface area contributed by atoms with Crippen molar-refractivity contribution in [2.45, 2.75) is 390 Å². The predicted octanol–water partition coefficient (Wildman–Crippen LogP) is 30.6. The number of rotatable bonds is 4. The molecular weight excluding hydrogens is 1110 g/mol. The maximum absolute atomic E-state index is 8.15. The first kappa shape index (κ1) is 55.8. The van der Waals surface area contributed by atoms with E-state index in [0.29, 0.717) is 44.3 Å². The average molecular weight is 1290 g/mol. The molecule has 2 unspecified atom stereocenters. The highest BCUT2D eigenvalue weighted by Gasteiger charge is 2.37. The van der Waals surface area contributed by atoms with Crippen LogP contribution in [0.25, 0.3) is 0 Å². The molecule has 6 saturated carbocycles. The van der Waals surface area contributed by atoms with Crippen LogP contribution < -0.4 is 0 Å². The normalized spacial score (nSPS) is 26.4. The summed E-state index contributed by atoms with van der Waals surface area (Å²) in [5, 5.41) is 0. The van der Waals surface area contributed by atoms with E-state index in [1.54, 1.807) is 32.0 Å². The molecule has 0 radical (unpaired) electrons.